The molecule has 2 bridgehead atoms. The van der Waals surface area contributed by atoms with Gasteiger partial charge in [0.2, 0.25) is 0 Å². The van der Waals surface area contributed by atoms with Crippen molar-refractivity contribution in [3.8, 4) is 11.5 Å². The van der Waals surface area contributed by atoms with E-state index < -0.39 is 11.9 Å². The predicted octanol–water partition coefficient (Wildman–Crippen LogP) is 5.01. The number of rotatable bonds is 8. The summed E-state index contributed by atoms with van der Waals surface area (Å²) in [7, 11) is 0. The van der Waals surface area contributed by atoms with Gasteiger partial charge in [-0.05, 0) is 76.0 Å². The highest BCUT2D eigenvalue weighted by Crippen LogP contribution is 2.44. The van der Waals surface area contributed by atoms with E-state index in [1.165, 1.54) is 0 Å². The van der Waals surface area contributed by atoms with Crippen molar-refractivity contribution in [3.05, 3.63) is 83.3 Å². The zero-order chi connectivity index (χ0) is 28.9. The molecule has 42 heavy (non-hydrogen) atoms. The summed E-state index contributed by atoms with van der Waals surface area (Å²) in [5, 5.41) is 32.0. The maximum absolute atomic E-state index is 10.3. The third-order valence-electron chi connectivity index (χ3n) is 9.12. The topological polar surface area (TPSA) is 129 Å². The second-order valence-corrected chi connectivity index (χ2v) is 12.1. The molecule has 0 amide bonds. The quantitative estimate of drug-likeness (QED) is 0.230. The van der Waals surface area contributed by atoms with Crippen LogP contribution in [-0.2, 0) is 15.8 Å². The van der Waals surface area contributed by atoms with E-state index in [4.69, 9.17) is 19.2 Å². The summed E-state index contributed by atoms with van der Waals surface area (Å²) >= 11 is 0. The van der Waals surface area contributed by atoms with Crippen LogP contribution in [0.1, 0.15) is 68.0 Å². The second-order valence-electron chi connectivity index (χ2n) is 12.1. The van der Waals surface area contributed by atoms with Gasteiger partial charge in [0, 0.05) is 28.9 Å². The number of aliphatic hydroxyl groups is 2. The van der Waals surface area contributed by atoms with Gasteiger partial charge in [-0.1, -0.05) is 41.6 Å². The summed E-state index contributed by atoms with van der Waals surface area (Å²) in [4.78, 5) is 12.1. The Morgan fingerprint density at radius 3 is 2.55 bits per heavy atom. The van der Waals surface area contributed by atoms with Gasteiger partial charge in [-0.25, -0.2) is 4.98 Å². The lowest BCUT2D eigenvalue weighted by molar-refractivity contribution is -0.157. The molecule has 10 heteroatoms. The van der Waals surface area contributed by atoms with E-state index in [2.05, 4.69) is 20.7 Å². The molecule has 10 nitrogen and oxygen atoms in total. The van der Waals surface area contributed by atoms with Crippen LogP contribution in [0.4, 0.5) is 17.2 Å². The van der Waals surface area contributed by atoms with Gasteiger partial charge in [-0.3, -0.25) is 0 Å². The van der Waals surface area contributed by atoms with Crippen LogP contribution in [0.25, 0.3) is 11.5 Å². The Kier molecular flexibility index (Phi) is 6.73. The maximum Gasteiger partial charge on any atom is 0.261 e. The number of anilines is 3. The Hall–Kier alpha value is -3.83. The van der Waals surface area contributed by atoms with E-state index in [-0.39, 0.29) is 18.1 Å². The number of benzene rings is 2. The van der Waals surface area contributed by atoms with Crippen molar-refractivity contribution in [2.45, 2.75) is 56.5 Å². The van der Waals surface area contributed by atoms with Crippen molar-refractivity contribution in [2.75, 3.05) is 36.9 Å². The van der Waals surface area contributed by atoms with Gasteiger partial charge in [0.05, 0.1) is 29.5 Å². The Bertz CT molecular complexity index is 1570. The lowest BCUT2D eigenvalue weighted by atomic mass is 9.71. The summed E-state index contributed by atoms with van der Waals surface area (Å²) in [6, 6.07) is 17.1. The smallest absolute Gasteiger partial charge is 0.261 e. The normalized spacial score (nSPS) is 24.8. The largest absolute Gasteiger partial charge is 0.394 e. The average Bonchev–Trinajstić information content (AvgIpc) is 3.60. The molecule has 1 unspecified atom stereocenters. The third-order valence-corrected chi connectivity index (χ3v) is 9.12. The van der Waals surface area contributed by atoms with E-state index in [1.54, 1.807) is 6.20 Å². The molecular formula is C32H36N6O4. The first-order valence-corrected chi connectivity index (χ1v) is 14.6. The number of aromatic nitrogens is 3. The Balaban J connectivity index is 1.23. The first-order chi connectivity index (χ1) is 20.3. The van der Waals surface area contributed by atoms with Crippen molar-refractivity contribution in [1.82, 2.24) is 20.0 Å². The molecule has 2 aromatic carbocycles. The fourth-order valence-corrected chi connectivity index (χ4v) is 6.56. The minimum atomic E-state index is -0.939. The average molecular weight is 569 g/mol. The van der Waals surface area contributed by atoms with E-state index in [1.807, 2.05) is 68.4 Å². The van der Waals surface area contributed by atoms with E-state index in [0.29, 0.717) is 23.0 Å². The standard InChI is InChI=1S/C32H36N6O4/c1-31(2)24-16-21(8-9-22(24)29(40)41-31)34-27-17-25(35-26(19-39)20-6-4-3-5-7-20)23(18-33-27)28-36-30(37-42-28)32-10-13-38(14-11-32)15-12-32/h3-9,16-18,26,29,39-40H,10-15,19H2,1-2H3,(H2,33,34,35)/t26-,29?/m1/s1. The molecule has 4 N–H and O–H groups in total. The number of aliphatic hydroxyl groups excluding tert-OH is 2. The summed E-state index contributed by atoms with van der Waals surface area (Å²) in [6.07, 6.45) is 3.91. The summed E-state index contributed by atoms with van der Waals surface area (Å²) in [5.74, 6) is 1.78. The Morgan fingerprint density at radius 2 is 1.81 bits per heavy atom. The van der Waals surface area contributed by atoms with Crippen LogP contribution in [0.5, 0.6) is 0 Å². The van der Waals surface area contributed by atoms with Crippen molar-refractivity contribution in [1.29, 1.82) is 0 Å². The fourth-order valence-electron chi connectivity index (χ4n) is 6.56. The SMILES string of the molecule is CC1(C)OC(O)c2ccc(Nc3cc(N[C@H](CO)c4ccccc4)c(-c4nc(C56CCN(CC5)CC6)no4)cn3)cc21. The van der Waals surface area contributed by atoms with E-state index >= 15 is 0 Å². The molecule has 2 atom stereocenters. The van der Waals surface area contributed by atoms with Gasteiger partial charge in [0.1, 0.15) is 5.82 Å². The molecule has 4 aliphatic rings. The van der Waals surface area contributed by atoms with Crippen molar-refractivity contribution >= 4 is 17.2 Å². The highest BCUT2D eigenvalue weighted by atomic mass is 16.6. The fraction of sp³-hybridized carbons (Fsp3) is 0.406. The predicted molar refractivity (Wildman–Crippen MR) is 158 cm³/mol. The molecular weight excluding hydrogens is 532 g/mol. The zero-order valence-corrected chi connectivity index (χ0v) is 23.9. The highest BCUT2D eigenvalue weighted by Gasteiger charge is 2.44. The molecule has 0 spiro atoms. The maximum atomic E-state index is 10.3. The minimum absolute atomic E-state index is 0.0324. The molecule has 4 aliphatic heterocycles. The number of pyridine rings is 1. The first kappa shape index (κ1) is 27.0. The van der Waals surface area contributed by atoms with Crippen LogP contribution >= 0.6 is 0 Å². The lowest BCUT2D eigenvalue weighted by Crippen LogP contribution is -2.51. The molecule has 6 heterocycles. The first-order valence-electron chi connectivity index (χ1n) is 14.6. The van der Waals surface area contributed by atoms with Gasteiger partial charge in [0.25, 0.3) is 5.89 Å². The third kappa shape index (κ3) is 4.84. The molecule has 8 rings (SSSR count). The van der Waals surface area contributed by atoms with E-state index in [0.717, 1.165) is 67.1 Å². The van der Waals surface area contributed by atoms with Gasteiger partial charge in [-0.2, -0.15) is 4.98 Å². The monoisotopic (exact) mass is 568 g/mol. The highest BCUT2D eigenvalue weighted by molar-refractivity contribution is 5.76. The molecule has 218 valence electrons. The van der Waals surface area contributed by atoms with Crippen LogP contribution in [0, 0.1) is 0 Å². The number of fused-ring (bicyclic) bond motifs is 4. The molecule has 2 aromatic heterocycles. The Morgan fingerprint density at radius 1 is 1.05 bits per heavy atom. The van der Waals surface area contributed by atoms with Crippen LogP contribution in [0.15, 0.2) is 65.3 Å². The minimum Gasteiger partial charge on any atom is -0.394 e. The van der Waals surface area contributed by atoms with Gasteiger partial charge >= 0.3 is 0 Å². The van der Waals surface area contributed by atoms with Crippen LogP contribution in [0.2, 0.25) is 0 Å². The second kappa shape index (κ2) is 10.5. The van der Waals surface area contributed by atoms with Gasteiger partial charge in [-0.15, -0.1) is 0 Å². The lowest BCUT2D eigenvalue weighted by Gasteiger charge is -2.46. The summed E-state index contributed by atoms with van der Waals surface area (Å²) in [6.45, 7) is 6.98. The number of nitrogens with one attached hydrogen (secondary N) is 2. The van der Waals surface area contributed by atoms with Crippen molar-refractivity contribution in [2.24, 2.45) is 0 Å². The van der Waals surface area contributed by atoms with Gasteiger partial charge < -0.3 is 35.0 Å². The number of ether oxygens (including phenoxy) is 1. The summed E-state index contributed by atoms with van der Waals surface area (Å²) < 4.78 is 11.6. The molecule has 3 saturated heterocycles. The molecule has 0 aliphatic carbocycles. The number of hydrogen-bond donors (Lipinski definition) is 4. The molecule has 0 radical (unpaired) electrons. The molecule has 4 aromatic rings. The van der Waals surface area contributed by atoms with E-state index in [9.17, 15) is 10.2 Å². The van der Waals surface area contributed by atoms with Gasteiger partial charge in [0.15, 0.2) is 12.1 Å². The van der Waals surface area contributed by atoms with Crippen molar-refractivity contribution in [3.63, 3.8) is 0 Å². The van der Waals surface area contributed by atoms with Crippen LogP contribution in [0.3, 0.4) is 0 Å². The van der Waals surface area contributed by atoms with Crippen LogP contribution in [-0.4, -0.2) is 56.5 Å². The van der Waals surface area contributed by atoms with Crippen molar-refractivity contribution < 1.29 is 19.5 Å². The molecule has 0 saturated carbocycles. The zero-order valence-electron chi connectivity index (χ0n) is 23.9. The summed E-state index contributed by atoms with van der Waals surface area (Å²) in [5.41, 5.74) is 4.20. The molecule has 3 fully saturated rings. The number of piperidine rings is 3. The number of nitrogens with zero attached hydrogens (tertiary/aromatic N) is 4. The van der Waals surface area contributed by atoms with Crippen LogP contribution < -0.4 is 10.6 Å². The number of hydrogen-bond acceptors (Lipinski definition) is 10. The Labute approximate surface area is 244 Å².